The van der Waals surface area contributed by atoms with Crippen molar-refractivity contribution in [3.8, 4) is 23.0 Å². The third kappa shape index (κ3) is 3.42. The molecule has 1 N–H and O–H groups in total. The van der Waals surface area contributed by atoms with Gasteiger partial charge in [-0.2, -0.15) is 0 Å². The van der Waals surface area contributed by atoms with E-state index in [1.165, 1.54) is 21.3 Å². The molecule has 0 aliphatic heterocycles. The molecule has 0 aromatic heterocycles. The van der Waals surface area contributed by atoms with Crippen LogP contribution in [-0.2, 0) is 0 Å². The minimum atomic E-state index is -0.970. The monoisotopic (exact) mass is 421 g/mol. The molecule has 0 amide bonds. The molecule has 7 heteroatoms. The van der Waals surface area contributed by atoms with E-state index in [0.717, 1.165) is 11.1 Å². The van der Waals surface area contributed by atoms with E-state index >= 15 is 0 Å². The molecular weight excluding hydrogens is 398 g/mol. The van der Waals surface area contributed by atoms with Crippen LogP contribution in [-0.4, -0.2) is 37.4 Å². The van der Waals surface area contributed by atoms with Gasteiger partial charge in [0, 0.05) is 4.92 Å². The lowest BCUT2D eigenvalue weighted by atomic mass is 9.85. The van der Waals surface area contributed by atoms with Crippen molar-refractivity contribution in [3.05, 3.63) is 93.0 Å². The zero-order valence-electron chi connectivity index (χ0n) is 17.4. The molecule has 160 valence electrons. The van der Waals surface area contributed by atoms with Gasteiger partial charge in [-0.1, -0.05) is 36.4 Å². The quantitative estimate of drug-likeness (QED) is 0.470. The molecule has 4 rings (SSSR count). The molecule has 0 unspecified atom stereocenters. The summed E-state index contributed by atoms with van der Waals surface area (Å²) in [5.74, 6) is 0.173. The first kappa shape index (κ1) is 20.5. The Morgan fingerprint density at radius 3 is 2.00 bits per heavy atom. The Morgan fingerprint density at radius 2 is 1.39 bits per heavy atom. The zero-order chi connectivity index (χ0) is 22.1. The Morgan fingerprint density at radius 1 is 0.774 bits per heavy atom. The number of aromatic hydroxyl groups is 1. The smallest absolute Gasteiger partial charge is 0.234 e. The maximum absolute atomic E-state index is 12.4. The van der Waals surface area contributed by atoms with Crippen molar-refractivity contribution in [2.75, 3.05) is 21.3 Å². The molecule has 3 aromatic rings. The van der Waals surface area contributed by atoms with Crippen LogP contribution in [0.3, 0.4) is 0 Å². The highest BCUT2D eigenvalue weighted by Gasteiger charge is 2.50. The maximum atomic E-state index is 12.4. The highest BCUT2D eigenvalue weighted by Crippen LogP contribution is 2.53. The van der Waals surface area contributed by atoms with Crippen molar-refractivity contribution < 1.29 is 24.2 Å². The summed E-state index contributed by atoms with van der Waals surface area (Å²) in [6, 6.07) is 17.0. The van der Waals surface area contributed by atoms with E-state index in [9.17, 15) is 15.2 Å². The second kappa shape index (κ2) is 8.18. The molecule has 3 aromatic carbocycles. The normalized spacial score (nSPS) is 19.5. The predicted molar refractivity (Wildman–Crippen MR) is 115 cm³/mol. The van der Waals surface area contributed by atoms with Crippen LogP contribution in [0.1, 0.15) is 34.1 Å². The SMILES string of the molecule is COc1cc2c(cc1O)[C@@H](c1ccc(OC)c(OC)c1)[C@H]([N+](=O)[O-])[C@H]2c1ccccc1. The van der Waals surface area contributed by atoms with Gasteiger partial charge in [0.2, 0.25) is 6.04 Å². The van der Waals surface area contributed by atoms with Crippen LogP contribution in [0.4, 0.5) is 0 Å². The van der Waals surface area contributed by atoms with Gasteiger partial charge in [-0.25, -0.2) is 0 Å². The lowest BCUT2D eigenvalue weighted by molar-refractivity contribution is -0.525. The number of benzene rings is 3. The number of hydrogen-bond acceptors (Lipinski definition) is 6. The molecule has 0 saturated carbocycles. The molecule has 1 aliphatic rings. The molecule has 31 heavy (non-hydrogen) atoms. The van der Waals surface area contributed by atoms with Gasteiger partial charge in [-0.15, -0.1) is 0 Å². The summed E-state index contributed by atoms with van der Waals surface area (Å²) < 4.78 is 16.1. The van der Waals surface area contributed by atoms with Crippen molar-refractivity contribution in [2.24, 2.45) is 0 Å². The lowest BCUT2D eigenvalue weighted by Crippen LogP contribution is -2.29. The Kier molecular flexibility index (Phi) is 5.42. The number of methoxy groups -OCH3 is 3. The largest absolute Gasteiger partial charge is 0.504 e. The first-order chi connectivity index (χ1) is 15.0. The summed E-state index contributed by atoms with van der Waals surface area (Å²) in [5.41, 5.74) is 3.01. The van der Waals surface area contributed by atoms with Crippen LogP contribution >= 0.6 is 0 Å². The fourth-order valence-electron chi connectivity index (χ4n) is 4.57. The molecular formula is C24H23NO6. The van der Waals surface area contributed by atoms with Crippen LogP contribution in [0.5, 0.6) is 23.0 Å². The van der Waals surface area contributed by atoms with E-state index in [1.54, 1.807) is 30.3 Å². The number of nitro groups is 1. The molecule has 0 radical (unpaired) electrons. The predicted octanol–water partition coefficient (Wildman–Crippen LogP) is 4.34. The van der Waals surface area contributed by atoms with Gasteiger partial charge in [0.05, 0.1) is 33.2 Å². The lowest BCUT2D eigenvalue weighted by Gasteiger charge is -2.20. The second-order valence-corrected chi connectivity index (χ2v) is 7.41. The maximum Gasteiger partial charge on any atom is 0.234 e. The van der Waals surface area contributed by atoms with E-state index in [2.05, 4.69) is 0 Å². The van der Waals surface area contributed by atoms with Crippen molar-refractivity contribution in [1.29, 1.82) is 0 Å². The van der Waals surface area contributed by atoms with Gasteiger partial charge in [-0.05, 0) is 46.5 Å². The Bertz CT molecular complexity index is 1110. The zero-order valence-corrected chi connectivity index (χ0v) is 17.4. The first-order valence-corrected chi connectivity index (χ1v) is 9.81. The number of hydrogen-bond donors (Lipinski definition) is 1. The summed E-state index contributed by atoms with van der Waals surface area (Å²) >= 11 is 0. The average molecular weight is 421 g/mol. The third-order valence-corrected chi connectivity index (χ3v) is 5.91. The summed E-state index contributed by atoms with van der Waals surface area (Å²) in [7, 11) is 4.53. The van der Waals surface area contributed by atoms with Gasteiger partial charge >= 0.3 is 0 Å². The van der Waals surface area contributed by atoms with E-state index in [0.29, 0.717) is 22.6 Å². The minimum Gasteiger partial charge on any atom is -0.504 e. The molecule has 0 heterocycles. The molecule has 1 aliphatic carbocycles. The van der Waals surface area contributed by atoms with E-state index in [4.69, 9.17) is 14.2 Å². The van der Waals surface area contributed by atoms with E-state index in [1.807, 2.05) is 30.3 Å². The first-order valence-electron chi connectivity index (χ1n) is 9.81. The topological polar surface area (TPSA) is 91.1 Å². The fraction of sp³-hybridized carbons (Fsp3) is 0.250. The number of phenols is 1. The number of ether oxygens (including phenoxy) is 3. The Labute approximate surface area is 180 Å². The molecule has 0 saturated heterocycles. The van der Waals surface area contributed by atoms with Crippen molar-refractivity contribution in [3.63, 3.8) is 0 Å². The summed E-state index contributed by atoms with van der Waals surface area (Å²) in [6.45, 7) is 0. The van der Waals surface area contributed by atoms with Crippen molar-refractivity contribution in [1.82, 2.24) is 0 Å². The van der Waals surface area contributed by atoms with Crippen LogP contribution in [0, 0.1) is 10.1 Å². The Balaban J connectivity index is 1.97. The van der Waals surface area contributed by atoms with E-state index in [-0.39, 0.29) is 16.4 Å². The molecule has 0 fully saturated rings. The Hall–Kier alpha value is -3.74. The molecule has 3 atom stereocenters. The number of fused-ring (bicyclic) bond motifs is 1. The van der Waals surface area contributed by atoms with Gasteiger partial charge in [0.1, 0.15) is 0 Å². The third-order valence-electron chi connectivity index (χ3n) is 5.91. The standard InChI is InChI=1S/C24H23NO6/c1-29-19-10-9-15(11-21(19)31-3)23-16-12-18(26)20(30-2)13-17(16)22(24(23)25(27)28)14-7-5-4-6-8-14/h4-13,22-24,26H,1-3H3/t22-,23+,24+/m0/s1. The number of rotatable bonds is 6. The van der Waals surface area contributed by atoms with Gasteiger partial charge in [-0.3, -0.25) is 10.1 Å². The highest BCUT2D eigenvalue weighted by atomic mass is 16.6. The molecule has 7 nitrogen and oxygen atoms in total. The minimum absolute atomic E-state index is 0.0532. The number of nitrogens with zero attached hydrogens (tertiary/aromatic N) is 1. The van der Waals surface area contributed by atoms with E-state index < -0.39 is 17.9 Å². The number of phenolic OH excluding ortho intramolecular Hbond substituents is 1. The van der Waals surface area contributed by atoms with Crippen LogP contribution in [0.25, 0.3) is 0 Å². The van der Waals surface area contributed by atoms with Crippen LogP contribution < -0.4 is 14.2 Å². The molecule has 0 spiro atoms. The van der Waals surface area contributed by atoms with Gasteiger partial charge in [0.15, 0.2) is 23.0 Å². The summed E-state index contributed by atoms with van der Waals surface area (Å²) in [5, 5.41) is 22.9. The highest BCUT2D eigenvalue weighted by molar-refractivity contribution is 5.59. The summed E-state index contributed by atoms with van der Waals surface area (Å²) in [6.07, 6.45) is 0. The van der Waals surface area contributed by atoms with Gasteiger partial charge in [0.25, 0.3) is 0 Å². The molecule has 0 bridgehead atoms. The van der Waals surface area contributed by atoms with Gasteiger partial charge < -0.3 is 19.3 Å². The van der Waals surface area contributed by atoms with Crippen LogP contribution in [0.2, 0.25) is 0 Å². The summed E-state index contributed by atoms with van der Waals surface area (Å²) in [4.78, 5) is 12.2. The fourth-order valence-corrected chi connectivity index (χ4v) is 4.57. The van der Waals surface area contributed by atoms with Crippen molar-refractivity contribution in [2.45, 2.75) is 17.9 Å². The second-order valence-electron chi connectivity index (χ2n) is 7.41. The average Bonchev–Trinajstić information content (AvgIpc) is 3.12. The van der Waals surface area contributed by atoms with Crippen molar-refractivity contribution >= 4 is 0 Å². The van der Waals surface area contributed by atoms with Crippen LogP contribution in [0.15, 0.2) is 60.7 Å².